The maximum absolute atomic E-state index is 11.8. The number of carbonyl (C=O) groups is 1. The molecular weight excluding hydrogens is 220 g/mol. The molecule has 0 bridgehead atoms. The zero-order valence-corrected chi connectivity index (χ0v) is 9.98. The third-order valence-electron chi connectivity index (χ3n) is 2.56. The van der Waals surface area contributed by atoms with E-state index in [4.69, 9.17) is 9.15 Å². The molecule has 2 aromatic heterocycles. The zero-order valence-electron chi connectivity index (χ0n) is 9.98. The van der Waals surface area contributed by atoms with Crippen LogP contribution in [-0.2, 0) is 4.74 Å². The summed E-state index contributed by atoms with van der Waals surface area (Å²) in [5.41, 5.74) is 2.57. The molecule has 0 aromatic carbocycles. The van der Waals surface area contributed by atoms with Gasteiger partial charge in [-0.1, -0.05) is 13.8 Å². The Morgan fingerprint density at radius 3 is 2.82 bits per heavy atom. The molecule has 90 valence electrons. The van der Waals surface area contributed by atoms with Crippen molar-refractivity contribution in [2.45, 2.75) is 19.8 Å². The van der Waals surface area contributed by atoms with Crippen LogP contribution in [0.4, 0.5) is 0 Å². The van der Waals surface area contributed by atoms with Gasteiger partial charge in [0.1, 0.15) is 11.3 Å². The predicted molar refractivity (Wildman–Crippen MR) is 61.7 cm³/mol. The van der Waals surface area contributed by atoms with Gasteiger partial charge in [-0.2, -0.15) is 5.10 Å². The molecule has 0 saturated carbocycles. The SMILES string of the molecule is COC(=O)c1c(-c2ccoc2)n[nH]c1C(C)C. The summed E-state index contributed by atoms with van der Waals surface area (Å²) < 4.78 is 9.80. The van der Waals surface area contributed by atoms with Crippen LogP contribution >= 0.6 is 0 Å². The van der Waals surface area contributed by atoms with Crippen LogP contribution in [0.2, 0.25) is 0 Å². The number of aromatic nitrogens is 2. The molecule has 0 spiro atoms. The fraction of sp³-hybridized carbons (Fsp3) is 0.333. The molecule has 0 aliphatic carbocycles. The lowest BCUT2D eigenvalue weighted by molar-refractivity contribution is 0.0600. The number of nitrogens with zero attached hydrogens (tertiary/aromatic N) is 1. The van der Waals surface area contributed by atoms with Crippen LogP contribution in [0.15, 0.2) is 23.0 Å². The van der Waals surface area contributed by atoms with Crippen LogP contribution < -0.4 is 0 Å². The van der Waals surface area contributed by atoms with Crippen molar-refractivity contribution in [3.05, 3.63) is 29.9 Å². The van der Waals surface area contributed by atoms with Gasteiger partial charge in [0.15, 0.2) is 0 Å². The van der Waals surface area contributed by atoms with Crippen molar-refractivity contribution in [1.29, 1.82) is 0 Å². The molecule has 0 radical (unpaired) electrons. The first-order chi connectivity index (χ1) is 8.15. The number of aromatic amines is 1. The van der Waals surface area contributed by atoms with Crippen molar-refractivity contribution in [3.63, 3.8) is 0 Å². The molecular formula is C12H14N2O3. The van der Waals surface area contributed by atoms with Crippen LogP contribution in [-0.4, -0.2) is 23.3 Å². The lowest BCUT2D eigenvalue weighted by Gasteiger charge is -2.05. The number of ether oxygens (including phenoxy) is 1. The van der Waals surface area contributed by atoms with Crippen LogP contribution in [0.5, 0.6) is 0 Å². The van der Waals surface area contributed by atoms with E-state index in [0.29, 0.717) is 11.3 Å². The fourth-order valence-electron chi connectivity index (χ4n) is 1.69. The Hall–Kier alpha value is -2.04. The van der Waals surface area contributed by atoms with Crippen molar-refractivity contribution < 1.29 is 13.9 Å². The highest BCUT2D eigenvalue weighted by Crippen LogP contribution is 2.28. The number of hydrogen-bond acceptors (Lipinski definition) is 4. The number of nitrogens with one attached hydrogen (secondary N) is 1. The average molecular weight is 234 g/mol. The first-order valence-electron chi connectivity index (χ1n) is 5.34. The van der Waals surface area contributed by atoms with Crippen molar-refractivity contribution in [3.8, 4) is 11.3 Å². The lowest BCUT2D eigenvalue weighted by Crippen LogP contribution is -2.06. The summed E-state index contributed by atoms with van der Waals surface area (Å²) in [5, 5.41) is 7.05. The van der Waals surface area contributed by atoms with Gasteiger partial charge in [-0.25, -0.2) is 4.79 Å². The molecule has 0 unspecified atom stereocenters. The van der Waals surface area contributed by atoms with Crippen LogP contribution in [0.1, 0.15) is 35.8 Å². The van der Waals surface area contributed by atoms with E-state index in [9.17, 15) is 4.79 Å². The number of furan rings is 1. The molecule has 0 aliphatic rings. The van der Waals surface area contributed by atoms with Crippen LogP contribution in [0.3, 0.4) is 0 Å². The maximum atomic E-state index is 11.8. The summed E-state index contributed by atoms with van der Waals surface area (Å²) in [6, 6.07) is 1.76. The summed E-state index contributed by atoms with van der Waals surface area (Å²) in [6.45, 7) is 3.97. The van der Waals surface area contributed by atoms with Gasteiger partial charge < -0.3 is 9.15 Å². The van der Waals surface area contributed by atoms with Gasteiger partial charge >= 0.3 is 5.97 Å². The monoisotopic (exact) mass is 234 g/mol. The average Bonchev–Trinajstić information content (AvgIpc) is 2.95. The molecule has 0 aliphatic heterocycles. The fourth-order valence-corrected chi connectivity index (χ4v) is 1.69. The Balaban J connectivity index is 2.57. The van der Waals surface area contributed by atoms with Crippen molar-refractivity contribution in [1.82, 2.24) is 10.2 Å². The first kappa shape index (κ1) is 11.4. The van der Waals surface area contributed by atoms with Crippen molar-refractivity contribution >= 4 is 5.97 Å². The minimum Gasteiger partial charge on any atom is -0.472 e. The molecule has 0 atom stereocenters. The molecule has 0 amide bonds. The predicted octanol–water partition coefficient (Wildman–Crippen LogP) is 2.58. The number of hydrogen-bond donors (Lipinski definition) is 1. The van der Waals surface area contributed by atoms with E-state index in [1.807, 2.05) is 13.8 Å². The number of rotatable bonds is 3. The molecule has 0 saturated heterocycles. The Morgan fingerprint density at radius 1 is 1.53 bits per heavy atom. The highest BCUT2D eigenvalue weighted by Gasteiger charge is 2.24. The van der Waals surface area contributed by atoms with Crippen molar-refractivity contribution in [2.24, 2.45) is 0 Å². The van der Waals surface area contributed by atoms with E-state index in [1.165, 1.54) is 7.11 Å². The lowest BCUT2D eigenvalue weighted by atomic mass is 10.0. The highest BCUT2D eigenvalue weighted by atomic mass is 16.5. The van der Waals surface area contributed by atoms with Gasteiger partial charge in [-0.3, -0.25) is 5.10 Å². The molecule has 1 N–H and O–H groups in total. The number of esters is 1. The normalized spacial score (nSPS) is 10.8. The number of carbonyl (C=O) groups excluding carboxylic acids is 1. The second-order valence-electron chi connectivity index (χ2n) is 4.02. The third-order valence-corrected chi connectivity index (χ3v) is 2.56. The molecule has 2 rings (SSSR count). The maximum Gasteiger partial charge on any atom is 0.342 e. The summed E-state index contributed by atoms with van der Waals surface area (Å²) in [6.07, 6.45) is 3.09. The van der Waals surface area contributed by atoms with E-state index >= 15 is 0 Å². The Bertz CT molecular complexity index is 512. The van der Waals surface area contributed by atoms with E-state index in [-0.39, 0.29) is 5.92 Å². The molecule has 2 aromatic rings. The minimum absolute atomic E-state index is 0.164. The highest BCUT2D eigenvalue weighted by molar-refractivity contribution is 5.97. The third kappa shape index (κ3) is 1.95. The Morgan fingerprint density at radius 2 is 2.29 bits per heavy atom. The largest absolute Gasteiger partial charge is 0.472 e. The first-order valence-corrected chi connectivity index (χ1v) is 5.34. The summed E-state index contributed by atoms with van der Waals surface area (Å²) in [4.78, 5) is 11.8. The van der Waals surface area contributed by atoms with Crippen LogP contribution in [0.25, 0.3) is 11.3 Å². The van der Waals surface area contributed by atoms with Gasteiger partial charge in [0, 0.05) is 5.56 Å². The standard InChI is InChI=1S/C12H14N2O3/c1-7(2)10-9(12(15)16-3)11(14-13-10)8-4-5-17-6-8/h4-7H,1-3H3,(H,13,14). The molecule has 0 fully saturated rings. The van der Waals surface area contributed by atoms with Gasteiger partial charge in [-0.15, -0.1) is 0 Å². The van der Waals surface area contributed by atoms with Gasteiger partial charge in [0.2, 0.25) is 0 Å². The van der Waals surface area contributed by atoms with Gasteiger partial charge in [-0.05, 0) is 12.0 Å². The van der Waals surface area contributed by atoms with Gasteiger partial charge in [0.25, 0.3) is 0 Å². The quantitative estimate of drug-likeness (QED) is 0.829. The number of H-pyrrole nitrogens is 1. The molecule has 5 nitrogen and oxygen atoms in total. The summed E-state index contributed by atoms with van der Waals surface area (Å²) in [5.74, 6) is -0.226. The van der Waals surface area contributed by atoms with Crippen molar-refractivity contribution in [2.75, 3.05) is 7.11 Å². The molecule has 17 heavy (non-hydrogen) atoms. The zero-order chi connectivity index (χ0) is 12.4. The smallest absolute Gasteiger partial charge is 0.342 e. The topological polar surface area (TPSA) is 68.1 Å². The van der Waals surface area contributed by atoms with E-state index in [1.54, 1.807) is 18.6 Å². The minimum atomic E-state index is -0.390. The van der Waals surface area contributed by atoms with Crippen LogP contribution in [0, 0.1) is 0 Å². The molecule has 2 heterocycles. The Labute approximate surface area is 98.8 Å². The second kappa shape index (κ2) is 4.45. The summed E-state index contributed by atoms with van der Waals surface area (Å²) >= 11 is 0. The van der Waals surface area contributed by atoms with E-state index < -0.39 is 5.97 Å². The van der Waals surface area contributed by atoms with Gasteiger partial charge in [0.05, 0.1) is 25.3 Å². The molecule has 5 heteroatoms. The van der Waals surface area contributed by atoms with E-state index in [2.05, 4.69) is 10.2 Å². The second-order valence-corrected chi connectivity index (χ2v) is 4.02. The Kier molecular flexibility index (Phi) is 2.99. The number of methoxy groups -OCH3 is 1. The summed E-state index contributed by atoms with van der Waals surface area (Å²) in [7, 11) is 1.36. The van der Waals surface area contributed by atoms with E-state index in [0.717, 1.165) is 11.3 Å².